The first kappa shape index (κ1) is 20.3. The van der Waals surface area contributed by atoms with E-state index in [4.69, 9.17) is 8.83 Å². The normalized spacial score (nSPS) is 13.7. The van der Waals surface area contributed by atoms with Crippen LogP contribution in [0.5, 0.6) is 0 Å². The minimum atomic E-state index is -0.416. The summed E-state index contributed by atoms with van der Waals surface area (Å²) in [6.45, 7) is 2.34. The van der Waals surface area contributed by atoms with Crippen molar-refractivity contribution in [1.29, 1.82) is 5.26 Å². The summed E-state index contributed by atoms with van der Waals surface area (Å²) in [7, 11) is 0. The summed E-state index contributed by atoms with van der Waals surface area (Å²) in [5.41, 5.74) is 1.20. The Bertz CT molecular complexity index is 1320. The van der Waals surface area contributed by atoms with Crippen molar-refractivity contribution in [3.8, 4) is 29.0 Å². The van der Waals surface area contributed by atoms with E-state index in [0.717, 1.165) is 0 Å². The molecule has 10 heteroatoms. The number of anilines is 2. The molecule has 0 aliphatic carbocycles. The van der Waals surface area contributed by atoms with E-state index >= 15 is 0 Å². The number of furan rings is 1. The van der Waals surface area contributed by atoms with Crippen molar-refractivity contribution < 1.29 is 13.8 Å². The molecule has 0 amide bonds. The van der Waals surface area contributed by atoms with Gasteiger partial charge in [0.15, 0.2) is 11.5 Å². The number of hydrogen-bond donors (Lipinski definition) is 0. The van der Waals surface area contributed by atoms with Crippen LogP contribution in [-0.4, -0.2) is 41.1 Å². The Morgan fingerprint density at radius 3 is 2.39 bits per heavy atom. The third-order valence-electron chi connectivity index (χ3n) is 5.44. The fourth-order valence-corrected chi connectivity index (χ4v) is 3.82. The summed E-state index contributed by atoms with van der Waals surface area (Å²) in [6, 6.07) is 17.8. The molecule has 0 N–H and O–H groups in total. The van der Waals surface area contributed by atoms with Crippen molar-refractivity contribution in [1.82, 2.24) is 9.97 Å². The van der Waals surface area contributed by atoms with Gasteiger partial charge in [-0.3, -0.25) is 10.1 Å². The second kappa shape index (κ2) is 8.47. The highest BCUT2D eigenvalue weighted by atomic mass is 16.6. The summed E-state index contributed by atoms with van der Waals surface area (Å²) < 4.78 is 11.2. The Hall–Kier alpha value is -4.65. The molecule has 4 aromatic rings. The summed E-state index contributed by atoms with van der Waals surface area (Å²) in [4.78, 5) is 24.0. The van der Waals surface area contributed by atoms with E-state index in [9.17, 15) is 15.4 Å². The first-order chi connectivity index (χ1) is 16.1. The van der Waals surface area contributed by atoms with Crippen LogP contribution in [0.4, 0.5) is 17.4 Å². The van der Waals surface area contributed by atoms with Gasteiger partial charge in [0.2, 0.25) is 11.6 Å². The third kappa shape index (κ3) is 3.87. The molecule has 1 saturated heterocycles. The van der Waals surface area contributed by atoms with E-state index in [1.54, 1.807) is 30.3 Å². The molecule has 0 radical (unpaired) electrons. The minimum absolute atomic E-state index is 0.0330. The molecule has 0 atom stereocenters. The molecule has 0 unspecified atom stereocenters. The monoisotopic (exact) mass is 442 g/mol. The molecule has 0 spiro atoms. The van der Waals surface area contributed by atoms with Gasteiger partial charge >= 0.3 is 0 Å². The first-order valence-electron chi connectivity index (χ1n) is 10.3. The van der Waals surface area contributed by atoms with Crippen molar-refractivity contribution >= 4 is 17.4 Å². The lowest BCUT2D eigenvalue weighted by Crippen LogP contribution is -2.47. The van der Waals surface area contributed by atoms with Crippen LogP contribution in [0.2, 0.25) is 0 Å². The molecule has 1 fully saturated rings. The molecule has 164 valence electrons. The number of nitro groups is 1. The molecule has 10 nitrogen and oxygen atoms in total. The van der Waals surface area contributed by atoms with Crippen molar-refractivity contribution in [3.05, 3.63) is 76.7 Å². The predicted molar refractivity (Wildman–Crippen MR) is 120 cm³/mol. The summed E-state index contributed by atoms with van der Waals surface area (Å²) in [5.74, 6) is 1.79. The van der Waals surface area contributed by atoms with E-state index in [-0.39, 0.29) is 17.3 Å². The molecule has 3 aromatic heterocycles. The lowest BCUT2D eigenvalue weighted by atomic mass is 10.1. The zero-order valence-electron chi connectivity index (χ0n) is 17.4. The van der Waals surface area contributed by atoms with Gasteiger partial charge in [0, 0.05) is 37.8 Å². The van der Waals surface area contributed by atoms with E-state index in [1.807, 2.05) is 23.1 Å². The van der Waals surface area contributed by atoms with Crippen LogP contribution in [0.15, 0.2) is 69.7 Å². The molecule has 0 bridgehead atoms. The Labute approximate surface area is 188 Å². The fourth-order valence-electron chi connectivity index (χ4n) is 3.82. The van der Waals surface area contributed by atoms with Gasteiger partial charge in [0.25, 0.3) is 11.6 Å². The molecule has 1 aliphatic heterocycles. The third-order valence-corrected chi connectivity index (χ3v) is 5.44. The average Bonchev–Trinajstić information content (AvgIpc) is 3.54. The van der Waals surface area contributed by atoms with Crippen molar-refractivity contribution in [3.63, 3.8) is 0 Å². The number of piperazine rings is 1. The SMILES string of the molecule is N#Cc1nc(-c2ccco2)oc1N1CCN(c2ccc([N+](=O)[O-])c(-c3ccccc3)n2)CC1. The average molecular weight is 442 g/mol. The maximum Gasteiger partial charge on any atom is 0.295 e. The highest BCUT2D eigenvalue weighted by molar-refractivity contribution is 5.71. The van der Waals surface area contributed by atoms with Crippen LogP contribution in [0.3, 0.4) is 0 Å². The second-order valence-corrected chi connectivity index (χ2v) is 7.40. The number of pyridine rings is 1. The lowest BCUT2D eigenvalue weighted by Gasteiger charge is -2.35. The molecule has 0 saturated carbocycles. The van der Waals surface area contributed by atoms with Gasteiger partial charge in [-0.2, -0.15) is 10.2 Å². The smallest absolute Gasteiger partial charge is 0.295 e. The number of oxazole rings is 1. The van der Waals surface area contributed by atoms with Crippen molar-refractivity contribution in [2.75, 3.05) is 36.0 Å². The Morgan fingerprint density at radius 1 is 0.970 bits per heavy atom. The summed E-state index contributed by atoms with van der Waals surface area (Å²) >= 11 is 0. The van der Waals surface area contributed by atoms with Crippen molar-refractivity contribution in [2.24, 2.45) is 0 Å². The number of nitrogens with zero attached hydrogens (tertiary/aromatic N) is 6. The fraction of sp³-hybridized carbons (Fsp3) is 0.174. The second-order valence-electron chi connectivity index (χ2n) is 7.40. The van der Waals surface area contributed by atoms with Crippen LogP contribution in [0.25, 0.3) is 22.9 Å². The maximum absolute atomic E-state index is 11.5. The topological polar surface area (TPSA) is 125 Å². The Morgan fingerprint density at radius 2 is 1.73 bits per heavy atom. The van der Waals surface area contributed by atoms with Crippen LogP contribution in [0.1, 0.15) is 5.69 Å². The van der Waals surface area contributed by atoms with Gasteiger partial charge in [-0.15, -0.1) is 0 Å². The van der Waals surface area contributed by atoms with E-state index in [0.29, 0.717) is 54.9 Å². The number of rotatable bonds is 5. The standard InChI is InChI=1S/C23H18N6O4/c24-15-17-23(33-22(25-17)19-7-4-14-32-19)28-12-10-27(11-13-28)20-9-8-18(29(30)31)21(26-20)16-5-2-1-3-6-16/h1-9,14H,10-13H2. The molecule has 5 rings (SSSR count). The number of aromatic nitrogens is 2. The predicted octanol–water partition coefficient (Wildman–Crippen LogP) is 4.10. The highest BCUT2D eigenvalue weighted by Crippen LogP contribution is 2.32. The van der Waals surface area contributed by atoms with Crippen LogP contribution >= 0.6 is 0 Å². The zero-order chi connectivity index (χ0) is 22.8. The van der Waals surface area contributed by atoms with Crippen LogP contribution in [-0.2, 0) is 0 Å². The highest BCUT2D eigenvalue weighted by Gasteiger charge is 2.27. The van der Waals surface area contributed by atoms with E-state index in [2.05, 4.69) is 20.9 Å². The van der Waals surface area contributed by atoms with Gasteiger partial charge in [0.05, 0.1) is 11.2 Å². The quantitative estimate of drug-likeness (QED) is 0.331. The number of benzene rings is 1. The Balaban J connectivity index is 1.37. The van der Waals surface area contributed by atoms with Crippen LogP contribution in [0, 0.1) is 21.4 Å². The first-order valence-corrected chi connectivity index (χ1v) is 10.3. The van der Waals surface area contributed by atoms with Crippen molar-refractivity contribution in [2.45, 2.75) is 0 Å². The van der Waals surface area contributed by atoms with Gasteiger partial charge in [0.1, 0.15) is 11.9 Å². The number of hydrogen-bond acceptors (Lipinski definition) is 9. The van der Waals surface area contributed by atoms with E-state index in [1.165, 1.54) is 12.3 Å². The summed E-state index contributed by atoms with van der Waals surface area (Å²) in [5, 5.41) is 21.0. The maximum atomic E-state index is 11.5. The molecular weight excluding hydrogens is 424 g/mol. The molecule has 4 heterocycles. The van der Waals surface area contributed by atoms with E-state index < -0.39 is 4.92 Å². The molecular formula is C23H18N6O4. The van der Waals surface area contributed by atoms with Gasteiger partial charge in [-0.1, -0.05) is 30.3 Å². The summed E-state index contributed by atoms with van der Waals surface area (Å²) in [6.07, 6.45) is 1.52. The molecule has 33 heavy (non-hydrogen) atoms. The Kier molecular flexibility index (Phi) is 5.20. The zero-order valence-corrected chi connectivity index (χ0v) is 17.4. The van der Waals surface area contributed by atoms with Gasteiger partial charge in [-0.05, 0) is 18.2 Å². The van der Waals surface area contributed by atoms with Crippen LogP contribution < -0.4 is 9.80 Å². The van der Waals surface area contributed by atoms with Gasteiger partial charge < -0.3 is 18.6 Å². The lowest BCUT2D eigenvalue weighted by molar-refractivity contribution is -0.384. The van der Waals surface area contributed by atoms with Gasteiger partial charge in [-0.25, -0.2) is 4.98 Å². The minimum Gasteiger partial charge on any atom is -0.459 e. The molecule has 1 aromatic carbocycles. The number of nitriles is 1. The molecule has 1 aliphatic rings. The largest absolute Gasteiger partial charge is 0.459 e.